The molecule has 0 N–H and O–H groups in total. The third kappa shape index (κ3) is 4.02. The van der Waals surface area contributed by atoms with Crippen LogP contribution in [-0.4, -0.2) is 37.5 Å². The molecule has 31 heavy (non-hydrogen) atoms. The van der Waals surface area contributed by atoms with Crippen LogP contribution in [0.4, 0.5) is 0 Å². The van der Waals surface area contributed by atoms with Gasteiger partial charge < -0.3 is 14.2 Å². The molecule has 2 aromatic rings. The van der Waals surface area contributed by atoms with Crippen molar-refractivity contribution in [3.63, 3.8) is 0 Å². The highest BCUT2D eigenvalue weighted by Crippen LogP contribution is 2.45. The number of methoxy groups -OCH3 is 2. The number of rotatable bonds is 6. The Hall–Kier alpha value is -3.28. The first-order valence-electron chi connectivity index (χ1n) is 10.6. The Balaban J connectivity index is 1.76. The zero-order valence-corrected chi connectivity index (χ0v) is 18.4. The molecule has 1 aliphatic heterocycles. The number of ether oxygens (including phenoxy) is 3. The number of fused-ring (bicyclic) bond motifs is 3. The van der Waals surface area contributed by atoms with Gasteiger partial charge in [-0.2, -0.15) is 5.10 Å². The molecule has 162 valence electrons. The summed E-state index contributed by atoms with van der Waals surface area (Å²) in [5.41, 5.74) is 5.36. The van der Waals surface area contributed by atoms with Gasteiger partial charge in [-0.15, -0.1) is 0 Å². The van der Waals surface area contributed by atoms with Crippen LogP contribution in [0.3, 0.4) is 0 Å². The summed E-state index contributed by atoms with van der Waals surface area (Å²) in [4.78, 5) is 12.1. The number of hydrazone groups is 1. The summed E-state index contributed by atoms with van der Waals surface area (Å²) in [6, 6.07) is 14.3. The number of esters is 1. The molecule has 6 nitrogen and oxygen atoms in total. The van der Waals surface area contributed by atoms with E-state index in [4.69, 9.17) is 19.3 Å². The summed E-state index contributed by atoms with van der Waals surface area (Å²) < 4.78 is 15.9. The second-order valence-corrected chi connectivity index (χ2v) is 7.75. The maximum Gasteiger partial charge on any atom is 0.332 e. The molecular formula is C25H28N2O4. The Labute approximate surface area is 183 Å². The fourth-order valence-electron chi connectivity index (χ4n) is 4.48. The summed E-state index contributed by atoms with van der Waals surface area (Å²) in [6.07, 6.45) is 3.45. The predicted octanol–water partition coefficient (Wildman–Crippen LogP) is 4.49. The number of benzene rings is 2. The number of aryl methyl sites for hydroxylation is 1. The number of hydrogen-bond acceptors (Lipinski definition) is 6. The summed E-state index contributed by atoms with van der Waals surface area (Å²) in [6.45, 7) is 4.05. The number of nitrogens with zero attached hydrogens (tertiary/aromatic N) is 2. The monoisotopic (exact) mass is 420 g/mol. The highest BCUT2D eigenvalue weighted by molar-refractivity contribution is 6.06. The van der Waals surface area contributed by atoms with Crippen molar-refractivity contribution < 1.29 is 19.0 Å². The topological polar surface area (TPSA) is 60.4 Å². The fraction of sp³-hybridized carbons (Fsp3) is 0.360. The van der Waals surface area contributed by atoms with E-state index in [1.165, 1.54) is 11.6 Å². The maximum atomic E-state index is 12.1. The molecule has 0 saturated heterocycles. The third-order valence-corrected chi connectivity index (χ3v) is 5.96. The van der Waals surface area contributed by atoms with Crippen molar-refractivity contribution in [2.45, 2.75) is 32.7 Å². The van der Waals surface area contributed by atoms with Gasteiger partial charge in [-0.3, -0.25) is 5.01 Å². The van der Waals surface area contributed by atoms with Crippen LogP contribution in [0.1, 0.15) is 43.0 Å². The van der Waals surface area contributed by atoms with Crippen molar-refractivity contribution in [1.29, 1.82) is 0 Å². The molecule has 0 saturated carbocycles. The summed E-state index contributed by atoms with van der Waals surface area (Å²) in [5.74, 6) is 1.54. The van der Waals surface area contributed by atoms with Gasteiger partial charge in [0.15, 0.2) is 0 Å². The molecule has 2 unspecified atom stereocenters. The van der Waals surface area contributed by atoms with Gasteiger partial charge in [0, 0.05) is 23.3 Å². The lowest BCUT2D eigenvalue weighted by Gasteiger charge is -2.31. The fourth-order valence-corrected chi connectivity index (χ4v) is 4.48. The molecule has 0 radical (unpaired) electrons. The second-order valence-electron chi connectivity index (χ2n) is 7.75. The van der Waals surface area contributed by atoms with E-state index in [-0.39, 0.29) is 17.9 Å². The molecule has 0 aromatic heterocycles. The van der Waals surface area contributed by atoms with Crippen molar-refractivity contribution in [2.24, 2.45) is 11.0 Å². The van der Waals surface area contributed by atoms with Gasteiger partial charge in [-0.1, -0.05) is 12.1 Å². The predicted molar refractivity (Wildman–Crippen MR) is 119 cm³/mol. The Morgan fingerprint density at radius 3 is 2.52 bits per heavy atom. The molecule has 2 aliphatic rings. The van der Waals surface area contributed by atoms with Crippen LogP contribution in [0.15, 0.2) is 59.3 Å². The molecular weight excluding hydrogens is 392 g/mol. The Morgan fingerprint density at radius 2 is 1.84 bits per heavy atom. The van der Waals surface area contributed by atoms with Crippen molar-refractivity contribution in [3.8, 4) is 11.5 Å². The zero-order valence-electron chi connectivity index (χ0n) is 18.4. The summed E-state index contributed by atoms with van der Waals surface area (Å²) in [7, 11) is 3.35. The Bertz CT molecular complexity index is 1030. The third-order valence-electron chi connectivity index (χ3n) is 5.96. The average Bonchev–Trinajstić information content (AvgIpc) is 3.19. The van der Waals surface area contributed by atoms with Crippen LogP contribution in [-0.2, 0) is 16.0 Å². The van der Waals surface area contributed by atoms with Crippen LogP contribution < -0.4 is 9.47 Å². The minimum atomic E-state index is -0.353. The van der Waals surface area contributed by atoms with Crippen LogP contribution in [0.2, 0.25) is 0 Å². The lowest BCUT2D eigenvalue weighted by molar-refractivity contribution is -0.137. The first kappa shape index (κ1) is 21.0. The van der Waals surface area contributed by atoms with Crippen molar-refractivity contribution in [1.82, 2.24) is 5.01 Å². The van der Waals surface area contributed by atoms with Crippen molar-refractivity contribution >= 4 is 11.7 Å². The zero-order chi connectivity index (χ0) is 22.0. The number of allylic oxidation sites excluding steroid dienone is 1. The van der Waals surface area contributed by atoms with E-state index in [0.717, 1.165) is 46.9 Å². The normalized spacial score (nSPS) is 19.9. The van der Waals surface area contributed by atoms with Crippen LogP contribution in [0.5, 0.6) is 11.5 Å². The Morgan fingerprint density at radius 1 is 1.13 bits per heavy atom. The summed E-state index contributed by atoms with van der Waals surface area (Å²) in [5, 5.41) is 6.99. The smallest absolute Gasteiger partial charge is 0.332 e. The van der Waals surface area contributed by atoms with E-state index in [9.17, 15) is 4.79 Å². The first-order valence-corrected chi connectivity index (χ1v) is 10.6. The number of hydrogen-bond donors (Lipinski definition) is 0. The average molecular weight is 421 g/mol. The maximum absolute atomic E-state index is 12.1. The van der Waals surface area contributed by atoms with Gasteiger partial charge in [-0.05, 0) is 68.1 Å². The minimum Gasteiger partial charge on any atom is -0.497 e. The minimum absolute atomic E-state index is 0.00170. The van der Waals surface area contributed by atoms with Crippen LogP contribution in [0.25, 0.3) is 0 Å². The second kappa shape index (κ2) is 8.84. The SMILES string of the molecule is CCOC(=O)/C=C(\C)N1N=C2c3ccc(OC)cc3CCC2C1c1ccc(OC)cc1. The molecule has 2 aromatic carbocycles. The molecule has 1 heterocycles. The quantitative estimate of drug-likeness (QED) is 0.509. The van der Waals surface area contributed by atoms with Gasteiger partial charge in [0.1, 0.15) is 11.5 Å². The van der Waals surface area contributed by atoms with Crippen molar-refractivity contribution in [2.75, 3.05) is 20.8 Å². The molecule has 0 bridgehead atoms. The number of carbonyl (C=O) groups excluding carboxylic acids is 1. The van der Waals surface area contributed by atoms with Gasteiger partial charge in [0.2, 0.25) is 0 Å². The lowest BCUT2D eigenvalue weighted by Crippen LogP contribution is -2.28. The van der Waals surface area contributed by atoms with Crippen molar-refractivity contribution in [3.05, 3.63) is 70.9 Å². The van der Waals surface area contributed by atoms with Gasteiger partial charge in [0.05, 0.1) is 32.6 Å². The molecule has 2 atom stereocenters. The largest absolute Gasteiger partial charge is 0.497 e. The molecule has 0 amide bonds. The van der Waals surface area contributed by atoms with E-state index < -0.39 is 0 Å². The summed E-state index contributed by atoms with van der Waals surface area (Å²) >= 11 is 0. The van der Waals surface area contributed by atoms with E-state index in [1.54, 1.807) is 21.1 Å². The van der Waals surface area contributed by atoms with E-state index in [1.807, 2.05) is 30.1 Å². The highest BCUT2D eigenvalue weighted by atomic mass is 16.5. The number of carbonyl (C=O) groups is 1. The van der Waals surface area contributed by atoms with Crippen LogP contribution in [0, 0.1) is 5.92 Å². The van der Waals surface area contributed by atoms with Gasteiger partial charge in [0.25, 0.3) is 0 Å². The highest BCUT2D eigenvalue weighted by Gasteiger charge is 2.42. The van der Waals surface area contributed by atoms with E-state index >= 15 is 0 Å². The molecule has 4 rings (SSSR count). The molecule has 6 heteroatoms. The van der Waals surface area contributed by atoms with Gasteiger partial charge in [-0.25, -0.2) is 4.79 Å². The van der Waals surface area contributed by atoms with E-state index in [0.29, 0.717) is 6.61 Å². The first-order chi connectivity index (χ1) is 15.0. The van der Waals surface area contributed by atoms with E-state index in [2.05, 4.69) is 24.3 Å². The van der Waals surface area contributed by atoms with Gasteiger partial charge >= 0.3 is 5.97 Å². The lowest BCUT2D eigenvalue weighted by atomic mass is 9.77. The molecule has 0 fully saturated rings. The standard InChI is InChI=1S/C25H28N2O4/c1-5-31-23(28)14-16(2)27-25(17-6-9-19(29-3)10-7-17)22-12-8-18-15-20(30-4)11-13-21(18)24(22)26-27/h6-7,9-11,13-15,22,25H,5,8,12H2,1-4H3/b16-14+. The molecule has 1 aliphatic carbocycles. The Kier molecular flexibility index (Phi) is 5.98. The molecule has 0 spiro atoms. The van der Waals surface area contributed by atoms with Crippen LogP contribution >= 0.6 is 0 Å².